The van der Waals surface area contributed by atoms with Gasteiger partial charge in [0.1, 0.15) is 12.4 Å². The first-order valence-electron chi connectivity index (χ1n) is 9.47. The molecule has 0 fully saturated rings. The summed E-state index contributed by atoms with van der Waals surface area (Å²) in [6.45, 7) is 7.59. The van der Waals surface area contributed by atoms with Crippen LogP contribution in [0.15, 0.2) is 53.4 Å². The molecule has 0 amide bonds. The second kappa shape index (κ2) is 10.9. The van der Waals surface area contributed by atoms with Gasteiger partial charge < -0.3 is 4.74 Å². The van der Waals surface area contributed by atoms with Gasteiger partial charge in [-0.25, -0.2) is 0 Å². The van der Waals surface area contributed by atoms with Gasteiger partial charge in [-0.1, -0.05) is 50.2 Å². The SMILES string of the molecule is CCCN(CCC)C1CSc2cccc(OCc3ccccc3)c2C1.Cl. The molecule has 1 atom stereocenters. The van der Waals surface area contributed by atoms with Crippen LogP contribution in [-0.4, -0.2) is 29.8 Å². The molecule has 1 heterocycles. The summed E-state index contributed by atoms with van der Waals surface area (Å²) in [7, 11) is 0. The van der Waals surface area contributed by atoms with Crippen molar-refractivity contribution in [3.8, 4) is 5.75 Å². The molecule has 0 radical (unpaired) electrons. The van der Waals surface area contributed by atoms with Crippen LogP contribution in [0.3, 0.4) is 0 Å². The molecule has 26 heavy (non-hydrogen) atoms. The minimum Gasteiger partial charge on any atom is -0.489 e. The van der Waals surface area contributed by atoms with Crippen LogP contribution in [0.5, 0.6) is 5.75 Å². The van der Waals surface area contributed by atoms with Gasteiger partial charge >= 0.3 is 0 Å². The zero-order chi connectivity index (χ0) is 17.5. The average Bonchev–Trinajstić information content (AvgIpc) is 2.66. The van der Waals surface area contributed by atoms with Crippen LogP contribution in [0.2, 0.25) is 0 Å². The molecule has 3 rings (SSSR count). The molecule has 2 nitrogen and oxygen atoms in total. The quantitative estimate of drug-likeness (QED) is 0.562. The van der Waals surface area contributed by atoms with E-state index in [-0.39, 0.29) is 12.4 Å². The number of nitrogens with zero attached hydrogens (tertiary/aromatic N) is 1. The molecular formula is C22H30ClNOS. The Morgan fingerprint density at radius 3 is 2.42 bits per heavy atom. The molecule has 0 aromatic heterocycles. The fourth-order valence-electron chi connectivity index (χ4n) is 3.52. The molecule has 0 bridgehead atoms. The predicted octanol–water partition coefficient (Wildman–Crippen LogP) is 5.83. The maximum absolute atomic E-state index is 6.21. The van der Waals surface area contributed by atoms with Gasteiger partial charge in [-0.3, -0.25) is 4.90 Å². The molecule has 1 aliphatic heterocycles. The van der Waals surface area contributed by atoms with Crippen molar-refractivity contribution in [1.82, 2.24) is 4.90 Å². The fourth-order valence-corrected chi connectivity index (χ4v) is 4.75. The van der Waals surface area contributed by atoms with Gasteiger partial charge in [-0.15, -0.1) is 24.2 Å². The van der Waals surface area contributed by atoms with Gasteiger partial charge in [-0.05, 0) is 50.0 Å². The summed E-state index contributed by atoms with van der Waals surface area (Å²) >= 11 is 1.99. The van der Waals surface area contributed by atoms with Gasteiger partial charge in [0, 0.05) is 22.3 Å². The van der Waals surface area contributed by atoms with E-state index in [1.54, 1.807) is 0 Å². The topological polar surface area (TPSA) is 12.5 Å². The van der Waals surface area contributed by atoms with E-state index in [1.165, 1.54) is 47.7 Å². The number of halogens is 1. The van der Waals surface area contributed by atoms with Crippen molar-refractivity contribution in [2.75, 3.05) is 18.8 Å². The summed E-state index contributed by atoms with van der Waals surface area (Å²) in [5, 5.41) is 0. The number of hydrogen-bond acceptors (Lipinski definition) is 3. The van der Waals surface area contributed by atoms with Crippen molar-refractivity contribution in [1.29, 1.82) is 0 Å². The summed E-state index contributed by atoms with van der Waals surface area (Å²) in [6, 6.07) is 17.6. The molecule has 0 saturated heterocycles. The van der Waals surface area contributed by atoms with E-state index in [1.807, 2.05) is 17.8 Å². The molecule has 4 heteroatoms. The zero-order valence-electron chi connectivity index (χ0n) is 15.8. The molecule has 1 unspecified atom stereocenters. The summed E-state index contributed by atoms with van der Waals surface area (Å²) in [5.74, 6) is 2.25. The maximum atomic E-state index is 6.21. The highest BCUT2D eigenvalue weighted by Crippen LogP contribution is 2.37. The van der Waals surface area contributed by atoms with Crippen LogP contribution < -0.4 is 4.74 Å². The van der Waals surface area contributed by atoms with Crippen molar-refractivity contribution in [3.05, 3.63) is 59.7 Å². The van der Waals surface area contributed by atoms with E-state index in [0.29, 0.717) is 12.6 Å². The smallest absolute Gasteiger partial charge is 0.124 e. The number of rotatable bonds is 8. The first-order chi connectivity index (χ1) is 12.3. The minimum atomic E-state index is 0. The largest absolute Gasteiger partial charge is 0.489 e. The third-order valence-corrected chi connectivity index (χ3v) is 5.98. The van der Waals surface area contributed by atoms with Crippen molar-refractivity contribution in [2.45, 2.75) is 50.7 Å². The summed E-state index contributed by atoms with van der Waals surface area (Å²) in [6.07, 6.45) is 3.55. The van der Waals surface area contributed by atoms with E-state index >= 15 is 0 Å². The Kier molecular flexibility index (Phi) is 8.83. The van der Waals surface area contributed by atoms with Crippen molar-refractivity contribution in [2.24, 2.45) is 0 Å². The monoisotopic (exact) mass is 391 g/mol. The Hall–Kier alpha value is -1.16. The van der Waals surface area contributed by atoms with E-state index in [9.17, 15) is 0 Å². The molecule has 142 valence electrons. The fraction of sp³-hybridized carbons (Fsp3) is 0.455. The standard InChI is InChI=1S/C22H29NOS.ClH/c1-3-13-23(14-4-2)19-15-20-21(11-8-12-22(20)25-17-19)24-16-18-9-6-5-7-10-18;/h5-12,19H,3-4,13-17H2,1-2H3;1H. The number of hydrogen-bond donors (Lipinski definition) is 0. The molecule has 0 spiro atoms. The zero-order valence-corrected chi connectivity index (χ0v) is 17.5. The number of fused-ring (bicyclic) bond motifs is 1. The number of ether oxygens (including phenoxy) is 1. The van der Waals surface area contributed by atoms with Gasteiger partial charge in [0.2, 0.25) is 0 Å². The van der Waals surface area contributed by atoms with E-state index in [0.717, 1.165) is 12.2 Å². The second-order valence-electron chi connectivity index (χ2n) is 6.71. The Labute approximate surface area is 168 Å². The van der Waals surface area contributed by atoms with E-state index < -0.39 is 0 Å². The van der Waals surface area contributed by atoms with E-state index in [2.05, 4.69) is 61.2 Å². The molecule has 0 aliphatic carbocycles. The number of thioether (sulfide) groups is 1. The first-order valence-corrected chi connectivity index (χ1v) is 10.5. The molecule has 0 saturated carbocycles. The van der Waals surface area contributed by atoms with Crippen molar-refractivity contribution in [3.63, 3.8) is 0 Å². The third-order valence-electron chi connectivity index (χ3n) is 4.74. The summed E-state index contributed by atoms with van der Waals surface area (Å²) in [4.78, 5) is 4.07. The van der Waals surface area contributed by atoms with Gasteiger partial charge in [-0.2, -0.15) is 0 Å². The average molecular weight is 392 g/mol. The number of benzene rings is 2. The van der Waals surface area contributed by atoms with Crippen molar-refractivity contribution >= 4 is 24.2 Å². The van der Waals surface area contributed by atoms with Crippen LogP contribution in [0.4, 0.5) is 0 Å². The van der Waals surface area contributed by atoms with Crippen LogP contribution in [-0.2, 0) is 13.0 Å². The van der Waals surface area contributed by atoms with Crippen LogP contribution in [0.1, 0.15) is 37.8 Å². The summed E-state index contributed by atoms with van der Waals surface area (Å²) in [5.41, 5.74) is 2.62. The van der Waals surface area contributed by atoms with Crippen LogP contribution in [0.25, 0.3) is 0 Å². The highest BCUT2D eigenvalue weighted by atomic mass is 35.5. The lowest BCUT2D eigenvalue weighted by Gasteiger charge is -2.35. The van der Waals surface area contributed by atoms with Gasteiger partial charge in [0.25, 0.3) is 0 Å². The first kappa shape index (κ1) is 21.1. The normalized spacial score (nSPS) is 16.0. The lowest BCUT2D eigenvalue weighted by atomic mass is 10.0. The van der Waals surface area contributed by atoms with E-state index in [4.69, 9.17) is 4.74 Å². The Balaban J connectivity index is 0.00000243. The molecular weight excluding hydrogens is 362 g/mol. The minimum absolute atomic E-state index is 0. The van der Waals surface area contributed by atoms with Crippen molar-refractivity contribution < 1.29 is 4.74 Å². The Bertz CT molecular complexity index is 658. The summed E-state index contributed by atoms with van der Waals surface area (Å²) < 4.78 is 6.21. The molecule has 2 aromatic carbocycles. The Morgan fingerprint density at radius 1 is 1.00 bits per heavy atom. The second-order valence-corrected chi connectivity index (χ2v) is 7.77. The molecule has 0 N–H and O–H groups in total. The molecule has 2 aromatic rings. The van der Waals surface area contributed by atoms with Gasteiger partial charge in [0.05, 0.1) is 0 Å². The lowest BCUT2D eigenvalue weighted by molar-refractivity contribution is 0.207. The van der Waals surface area contributed by atoms with Gasteiger partial charge in [0.15, 0.2) is 0 Å². The van der Waals surface area contributed by atoms with Crippen LogP contribution in [0, 0.1) is 0 Å². The highest BCUT2D eigenvalue weighted by molar-refractivity contribution is 7.99. The maximum Gasteiger partial charge on any atom is 0.124 e. The Morgan fingerprint density at radius 2 is 1.73 bits per heavy atom. The third kappa shape index (κ3) is 5.42. The van der Waals surface area contributed by atoms with Crippen LogP contribution >= 0.6 is 24.2 Å². The highest BCUT2D eigenvalue weighted by Gasteiger charge is 2.26. The lowest BCUT2D eigenvalue weighted by Crippen LogP contribution is -2.41. The molecule has 1 aliphatic rings. The predicted molar refractivity (Wildman–Crippen MR) is 115 cm³/mol.